The molecule has 0 amide bonds. The number of aliphatic carboxylic acids is 1. The van der Waals surface area contributed by atoms with Gasteiger partial charge in [-0.2, -0.15) is 0 Å². The fourth-order valence-electron chi connectivity index (χ4n) is 7.10. The van der Waals surface area contributed by atoms with E-state index < -0.39 is 23.4 Å². The average molecular weight is 583 g/mol. The summed E-state index contributed by atoms with van der Waals surface area (Å²) in [6.45, 7) is 7.83. The number of carbonyl (C=O) groups is 1. The van der Waals surface area contributed by atoms with Gasteiger partial charge in [-0.05, 0) is 102 Å². The SMILES string of the molecule is COc1c(F)cc(C2CCOC2(C)C)cc1C(C(=O)O)N1CC[C@@H](N(C)CCCCCc2ccc3c(n2)NCCC3)C1. The highest BCUT2D eigenvalue weighted by Crippen LogP contribution is 2.43. The van der Waals surface area contributed by atoms with Gasteiger partial charge in [0.1, 0.15) is 11.9 Å². The number of ether oxygens (including phenoxy) is 2. The molecule has 1 aromatic heterocycles. The van der Waals surface area contributed by atoms with Crippen LogP contribution in [0.1, 0.15) is 86.7 Å². The smallest absolute Gasteiger partial charge is 0.325 e. The van der Waals surface area contributed by atoms with Gasteiger partial charge in [-0.25, -0.2) is 9.37 Å². The van der Waals surface area contributed by atoms with Gasteiger partial charge in [0.2, 0.25) is 0 Å². The van der Waals surface area contributed by atoms with Crippen LogP contribution in [0.4, 0.5) is 10.2 Å². The van der Waals surface area contributed by atoms with Gasteiger partial charge < -0.3 is 24.8 Å². The van der Waals surface area contributed by atoms with Crippen LogP contribution in [-0.4, -0.2) is 84.4 Å². The molecule has 0 aliphatic carbocycles. The molecule has 3 atom stereocenters. The first-order valence-corrected chi connectivity index (χ1v) is 15.6. The summed E-state index contributed by atoms with van der Waals surface area (Å²) in [6.07, 6.45) is 8.21. The maximum Gasteiger partial charge on any atom is 0.325 e. The number of hydrogen-bond donors (Lipinski definition) is 2. The van der Waals surface area contributed by atoms with Crippen molar-refractivity contribution in [3.63, 3.8) is 0 Å². The van der Waals surface area contributed by atoms with Gasteiger partial charge >= 0.3 is 5.97 Å². The first-order valence-electron chi connectivity index (χ1n) is 15.6. The Labute approximate surface area is 249 Å². The molecular weight excluding hydrogens is 535 g/mol. The minimum atomic E-state index is -0.985. The van der Waals surface area contributed by atoms with Crippen molar-refractivity contribution in [1.29, 1.82) is 0 Å². The Balaban J connectivity index is 1.17. The van der Waals surface area contributed by atoms with Gasteiger partial charge in [0.05, 0.1) is 12.7 Å². The number of hydrogen-bond acceptors (Lipinski definition) is 7. The molecule has 42 heavy (non-hydrogen) atoms. The number of carboxylic acids is 1. The fourth-order valence-corrected chi connectivity index (χ4v) is 7.10. The van der Waals surface area contributed by atoms with Crippen molar-refractivity contribution in [1.82, 2.24) is 14.8 Å². The number of nitrogens with zero attached hydrogens (tertiary/aromatic N) is 3. The molecule has 230 valence electrons. The van der Waals surface area contributed by atoms with Crippen molar-refractivity contribution in [3.8, 4) is 5.75 Å². The maximum atomic E-state index is 15.3. The predicted molar refractivity (Wildman–Crippen MR) is 162 cm³/mol. The molecular formula is C33H47FN4O4. The third-order valence-corrected chi connectivity index (χ3v) is 9.53. The predicted octanol–water partition coefficient (Wildman–Crippen LogP) is 5.41. The Morgan fingerprint density at radius 2 is 2.12 bits per heavy atom. The van der Waals surface area contributed by atoms with Gasteiger partial charge in [0.15, 0.2) is 11.6 Å². The van der Waals surface area contributed by atoms with E-state index in [-0.39, 0.29) is 17.7 Å². The van der Waals surface area contributed by atoms with Crippen LogP contribution in [0, 0.1) is 5.82 Å². The van der Waals surface area contributed by atoms with E-state index >= 15 is 4.39 Å². The van der Waals surface area contributed by atoms with E-state index in [0.717, 1.165) is 75.1 Å². The van der Waals surface area contributed by atoms with Crippen LogP contribution in [0.25, 0.3) is 0 Å². The van der Waals surface area contributed by atoms with Gasteiger partial charge in [0.25, 0.3) is 0 Å². The van der Waals surface area contributed by atoms with E-state index in [1.807, 2.05) is 24.8 Å². The fraction of sp³-hybridized carbons (Fsp3) is 0.636. The Morgan fingerprint density at radius 1 is 1.29 bits per heavy atom. The Kier molecular flexibility index (Phi) is 9.70. The molecule has 4 heterocycles. The molecule has 2 fully saturated rings. The Bertz CT molecular complexity index is 1250. The second-order valence-electron chi connectivity index (χ2n) is 12.7. The molecule has 0 saturated carbocycles. The molecule has 0 spiro atoms. The molecule has 1 aromatic carbocycles. The minimum Gasteiger partial charge on any atom is -0.493 e. The summed E-state index contributed by atoms with van der Waals surface area (Å²) >= 11 is 0. The summed E-state index contributed by atoms with van der Waals surface area (Å²) in [5.41, 5.74) is 3.20. The van der Waals surface area contributed by atoms with E-state index in [0.29, 0.717) is 25.3 Å². The second kappa shape index (κ2) is 13.3. The first-order chi connectivity index (χ1) is 20.2. The van der Waals surface area contributed by atoms with Crippen LogP contribution in [0.3, 0.4) is 0 Å². The molecule has 2 aromatic rings. The number of methoxy groups -OCH3 is 1. The van der Waals surface area contributed by atoms with E-state index in [1.54, 1.807) is 0 Å². The number of nitrogens with one attached hydrogen (secondary N) is 1. The molecule has 9 heteroatoms. The molecule has 2 saturated heterocycles. The lowest BCUT2D eigenvalue weighted by atomic mass is 9.83. The number of likely N-dealkylation sites (tertiary alicyclic amines) is 1. The van der Waals surface area contributed by atoms with Gasteiger partial charge in [-0.15, -0.1) is 0 Å². The van der Waals surface area contributed by atoms with Crippen molar-refractivity contribution in [2.75, 3.05) is 52.3 Å². The van der Waals surface area contributed by atoms with E-state index in [1.165, 1.54) is 25.2 Å². The summed E-state index contributed by atoms with van der Waals surface area (Å²) in [7, 11) is 3.53. The quantitative estimate of drug-likeness (QED) is 0.321. The molecule has 0 radical (unpaired) electrons. The topological polar surface area (TPSA) is 87.2 Å². The maximum absolute atomic E-state index is 15.3. The number of pyridine rings is 1. The summed E-state index contributed by atoms with van der Waals surface area (Å²) in [5.74, 6) is -0.436. The molecule has 3 aliphatic rings. The zero-order chi connectivity index (χ0) is 29.9. The van der Waals surface area contributed by atoms with Crippen LogP contribution in [-0.2, 0) is 22.4 Å². The number of aromatic nitrogens is 1. The van der Waals surface area contributed by atoms with Crippen molar-refractivity contribution in [2.45, 2.75) is 88.8 Å². The van der Waals surface area contributed by atoms with Gasteiger partial charge in [-0.1, -0.05) is 12.5 Å². The lowest BCUT2D eigenvalue weighted by molar-refractivity contribution is -0.143. The van der Waals surface area contributed by atoms with Gasteiger partial charge in [-0.3, -0.25) is 9.69 Å². The third kappa shape index (κ3) is 6.74. The summed E-state index contributed by atoms with van der Waals surface area (Å²) in [6, 6.07) is 6.99. The molecule has 3 aliphatic heterocycles. The standard InChI is InChI=1S/C33H47FN4O4/c1-33(2)27(14-18-42-33)23-19-26(30(41-4)28(34)20-23)29(32(39)40)38-17-13-25(21-38)37(3)16-7-5-6-10-24-12-11-22-9-8-15-35-31(22)36-24/h11-12,19-20,25,27,29H,5-10,13-18,21H2,1-4H3,(H,35,36)(H,39,40)/t25-,27?,29?/m1/s1. The van der Waals surface area contributed by atoms with E-state index in [9.17, 15) is 9.90 Å². The minimum absolute atomic E-state index is 0.0109. The van der Waals surface area contributed by atoms with Crippen molar-refractivity contribution >= 4 is 11.8 Å². The number of unbranched alkanes of at least 4 members (excludes halogenated alkanes) is 2. The highest BCUT2D eigenvalue weighted by atomic mass is 19.1. The first kappa shape index (κ1) is 30.7. The van der Waals surface area contributed by atoms with Crippen LogP contribution >= 0.6 is 0 Å². The highest BCUT2D eigenvalue weighted by Gasteiger charge is 2.40. The summed E-state index contributed by atoms with van der Waals surface area (Å²) < 4.78 is 26.6. The van der Waals surface area contributed by atoms with Gasteiger partial charge in [0, 0.05) is 49.5 Å². The second-order valence-corrected chi connectivity index (χ2v) is 12.7. The number of anilines is 1. The zero-order valence-corrected chi connectivity index (χ0v) is 25.6. The Morgan fingerprint density at radius 3 is 2.86 bits per heavy atom. The zero-order valence-electron chi connectivity index (χ0n) is 25.6. The van der Waals surface area contributed by atoms with Crippen LogP contribution < -0.4 is 10.1 Å². The molecule has 0 bridgehead atoms. The Hall–Kier alpha value is -2.75. The monoisotopic (exact) mass is 582 g/mol. The van der Waals surface area contributed by atoms with Crippen LogP contribution in [0.2, 0.25) is 0 Å². The van der Waals surface area contributed by atoms with E-state index in [4.69, 9.17) is 14.5 Å². The number of likely N-dealkylation sites (N-methyl/N-ethyl adjacent to an activating group) is 1. The number of carboxylic acid groups (broad SMARTS) is 1. The number of fused-ring (bicyclic) bond motifs is 1. The lowest BCUT2D eigenvalue weighted by Crippen LogP contribution is -2.38. The van der Waals surface area contributed by atoms with Crippen molar-refractivity contribution < 1.29 is 23.8 Å². The van der Waals surface area contributed by atoms with Crippen LogP contribution in [0.15, 0.2) is 24.3 Å². The largest absolute Gasteiger partial charge is 0.493 e. The van der Waals surface area contributed by atoms with E-state index in [2.05, 4.69) is 29.4 Å². The third-order valence-electron chi connectivity index (χ3n) is 9.53. The van der Waals surface area contributed by atoms with Crippen molar-refractivity contribution in [2.24, 2.45) is 0 Å². The molecule has 2 unspecified atom stereocenters. The molecule has 2 N–H and O–H groups in total. The number of rotatable bonds is 12. The summed E-state index contributed by atoms with van der Waals surface area (Å²) in [5, 5.41) is 13.8. The lowest BCUT2D eigenvalue weighted by Gasteiger charge is -2.30. The molecule has 5 rings (SSSR count). The van der Waals surface area contributed by atoms with Crippen molar-refractivity contribution in [3.05, 3.63) is 52.5 Å². The number of aryl methyl sites for hydroxylation is 2. The molecule has 8 nitrogen and oxygen atoms in total. The summed E-state index contributed by atoms with van der Waals surface area (Å²) in [4.78, 5) is 21.8. The average Bonchev–Trinajstić information content (AvgIpc) is 3.58. The normalized spacial score (nSPS) is 22.6. The number of benzene rings is 1. The highest BCUT2D eigenvalue weighted by molar-refractivity contribution is 5.77. The van der Waals surface area contributed by atoms with Crippen LogP contribution in [0.5, 0.6) is 5.75 Å². The number of halogens is 1.